The molecule has 0 unspecified atom stereocenters. The Labute approximate surface area is 72.0 Å². The third-order valence-electron chi connectivity index (χ3n) is 1.07. The van der Waals surface area contributed by atoms with Gasteiger partial charge in [-0.3, -0.25) is 0 Å². The number of rotatable bonds is 0. The van der Waals surface area contributed by atoms with Crippen molar-refractivity contribution in [3.8, 4) is 0 Å². The lowest BCUT2D eigenvalue weighted by Gasteiger charge is -1.89. The average molecular weight is 168 g/mol. The number of allylic oxidation sites excluding steroid dienone is 5. The summed E-state index contributed by atoms with van der Waals surface area (Å²) < 4.78 is 8.08. The minimum atomic E-state index is -0.657. The Morgan fingerprint density at radius 2 is 1.67 bits per heavy atom. The summed E-state index contributed by atoms with van der Waals surface area (Å²) in [7, 11) is 2.51. The minimum absolute atomic E-state index is 0.657. The van der Waals surface area contributed by atoms with Gasteiger partial charge in [0, 0.05) is 0 Å². The molecular weight excluding hydrogens is 156 g/mol. The maximum atomic E-state index is 9.74. The Bertz CT molecular complexity index is 194. The summed E-state index contributed by atoms with van der Waals surface area (Å²) in [5.41, 5.74) is 1.09. The molecule has 0 amide bonds. The summed E-state index contributed by atoms with van der Waals surface area (Å²) in [6.45, 7) is 3.68. The fourth-order valence-corrected chi connectivity index (χ4v) is 0.497. The van der Waals surface area contributed by atoms with E-state index in [1.54, 1.807) is 0 Å². The zero-order valence-corrected chi connectivity index (χ0v) is 7.24. The Morgan fingerprint density at radius 1 is 1.25 bits per heavy atom. The Kier molecular flexibility index (Phi) is 5.43. The van der Waals surface area contributed by atoms with E-state index < -0.39 is 6.16 Å². The van der Waals surface area contributed by atoms with Gasteiger partial charge >= 0.3 is 6.16 Å². The Morgan fingerprint density at radius 3 is 1.75 bits per heavy atom. The van der Waals surface area contributed by atoms with Gasteiger partial charge < -0.3 is 9.47 Å². The van der Waals surface area contributed by atoms with E-state index in [9.17, 15) is 4.79 Å². The van der Waals surface area contributed by atoms with E-state index in [1.807, 2.05) is 24.3 Å². The van der Waals surface area contributed by atoms with Crippen LogP contribution < -0.4 is 0 Å². The average Bonchev–Trinajstić information content (AvgIpc) is 2.55. The normalized spacial score (nSPS) is 12.0. The van der Waals surface area contributed by atoms with Crippen molar-refractivity contribution in [2.45, 2.75) is 0 Å². The van der Waals surface area contributed by atoms with Crippen molar-refractivity contribution < 1.29 is 14.3 Å². The summed E-state index contributed by atoms with van der Waals surface area (Å²) in [5.74, 6) is 0. The van der Waals surface area contributed by atoms with Crippen LogP contribution >= 0.6 is 0 Å². The van der Waals surface area contributed by atoms with Crippen LogP contribution in [0.25, 0.3) is 0 Å². The Hall–Kier alpha value is -1.51. The molecule has 66 valence electrons. The molecule has 0 aliphatic heterocycles. The van der Waals surface area contributed by atoms with E-state index in [-0.39, 0.29) is 0 Å². The molecule has 3 heteroatoms. The van der Waals surface area contributed by atoms with Crippen molar-refractivity contribution in [3.63, 3.8) is 0 Å². The highest BCUT2D eigenvalue weighted by Crippen LogP contribution is 2.01. The lowest BCUT2D eigenvalue weighted by Crippen LogP contribution is -1.97. The molecule has 0 aromatic heterocycles. The van der Waals surface area contributed by atoms with E-state index in [0.717, 1.165) is 5.57 Å². The van der Waals surface area contributed by atoms with Crippen molar-refractivity contribution in [3.05, 3.63) is 36.5 Å². The standard InChI is InChI=1S/C6H6.C3H6O3/c1-6-4-2-3-5-6;1-5-3(4)6-2/h2-5H,1H2;1-2H3. The summed E-state index contributed by atoms with van der Waals surface area (Å²) in [4.78, 5) is 9.74. The maximum Gasteiger partial charge on any atom is 0.507 e. The predicted octanol–water partition coefficient (Wildman–Crippen LogP) is 2.07. The van der Waals surface area contributed by atoms with Crippen LogP contribution in [-0.4, -0.2) is 20.4 Å². The highest BCUT2D eigenvalue weighted by molar-refractivity contribution is 5.59. The molecule has 0 spiro atoms. The summed E-state index contributed by atoms with van der Waals surface area (Å²) in [6, 6.07) is 0. The van der Waals surface area contributed by atoms with Crippen LogP contribution in [0.3, 0.4) is 0 Å². The molecule has 0 aromatic rings. The number of hydrogen-bond donors (Lipinski definition) is 0. The second-order valence-electron chi connectivity index (χ2n) is 1.95. The van der Waals surface area contributed by atoms with E-state index in [2.05, 4.69) is 16.1 Å². The maximum absolute atomic E-state index is 9.74. The van der Waals surface area contributed by atoms with Gasteiger partial charge in [-0.05, 0) is 5.57 Å². The molecule has 0 N–H and O–H groups in total. The van der Waals surface area contributed by atoms with Gasteiger partial charge in [0.1, 0.15) is 0 Å². The van der Waals surface area contributed by atoms with Gasteiger partial charge in [-0.2, -0.15) is 0 Å². The second-order valence-corrected chi connectivity index (χ2v) is 1.95. The van der Waals surface area contributed by atoms with E-state index in [1.165, 1.54) is 14.2 Å². The third kappa shape index (κ3) is 5.29. The van der Waals surface area contributed by atoms with E-state index >= 15 is 0 Å². The van der Waals surface area contributed by atoms with Crippen LogP contribution in [0.15, 0.2) is 36.5 Å². The molecule has 1 rings (SSSR count). The quantitative estimate of drug-likeness (QED) is 0.519. The highest BCUT2D eigenvalue weighted by atomic mass is 16.7. The second kappa shape index (κ2) is 6.22. The molecule has 0 atom stereocenters. The Balaban J connectivity index is 0.000000202. The molecular formula is C9H12O3. The number of ether oxygens (including phenoxy) is 2. The number of carbonyl (C=O) groups is 1. The molecule has 3 nitrogen and oxygen atoms in total. The van der Waals surface area contributed by atoms with Crippen molar-refractivity contribution in [2.75, 3.05) is 14.2 Å². The van der Waals surface area contributed by atoms with Crippen molar-refractivity contribution in [1.82, 2.24) is 0 Å². The first-order valence-corrected chi connectivity index (χ1v) is 3.36. The largest absolute Gasteiger partial charge is 0.507 e. The van der Waals surface area contributed by atoms with Crippen molar-refractivity contribution in [1.29, 1.82) is 0 Å². The van der Waals surface area contributed by atoms with Crippen LogP contribution in [0.5, 0.6) is 0 Å². The van der Waals surface area contributed by atoms with Gasteiger partial charge in [0.15, 0.2) is 0 Å². The molecule has 0 aromatic carbocycles. The number of methoxy groups -OCH3 is 2. The first-order valence-electron chi connectivity index (χ1n) is 3.36. The number of carbonyl (C=O) groups excluding carboxylic acids is 1. The van der Waals surface area contributed by atoms with Gasteiger partial charge in [0.25, 0.3) is 0 Å². The van der Waals surface area contributed by atoms with Gasteiger partial charge in [0.05, 0.1) is 14.2 Å². The zero-order chi connectivity index (χ0) is 9.40. The van der Waals surface area contributed by atoms with Crippen LogP contribution in [0, 0.1) is 0 Å². The first-order chi connectivity index (χ1) is 5.70. The van der Waals surface area contributed by atoms with Gasteiger partial charge in [-0.15, -0.1) is 0 Å². The molecule has 0 saturated carbocycles. The van der Waals surface area contributed by atoms with Crippen LogP contribution in [0.4, 0.5) is 4.79 Å². The SMILES string of the molecule is C=C1C=CC=C1.COC(=O)OC. The third-order valence-corrected chi connectivity index (χ3v) is 1.07. The molecule has 1 aliphatic rings. The lowest BCUT2D eigenvalue weighted by molar-refractivity contribution is 0.0924. The van der Waals surface area contributed by atoms with Crippen LogP contribution in [0.2, 0.25) is 0 Å². The molecule has 12 heavy (non-hydrogen) atoms. The molecule has 0 heterocycles. The predicted molar refractivity (Wildman–Crippen MR) is 46.8 cm³/mol. The smallest absolute Gasteiger partial charge is 0.438 e. The highest BCUT2D eigenvalue weighted by Gasteiger charge is 1.88. The van der Waals surface area contributed by atoms with Crippen LogP contribution in [0.1, 0.15) is 0 Å². The molecule has 0 bridgehead atoms. The monoisotopic (exact) mass is 168 g/mol. The van der Waals surface area contributed by atoms with Crippen molar-refractivity contribution >= 4 is 6.16 Å². The zero-order valence-electron chi connectivity index (χ0n) is 7.24. The lowest BCUT2D eigenvalue weighted by atomic mass is 10.4. The molecule has 1 aliphatic carbocycles. The van der Waals surface area contributed by atoms with Crippen LogP contribution in [-0.2, 0) is 9.47 Å². The van der Waals surface area contributed by atoms with Gasteiger partial charge in [-0.1, -0.05) is 30.9 Å². The van der Waals surface area contributed by atoms with Gasteiger partial charge in [0.2, 0.25) is 0 Å². The van der Waals surface area contributed by atoms with E-state index in [0.29, 0.717) is 0 Å². The minimum Gasteiger partial charge on any atom is -0.438 e. The summed E-state index contributed by atoms with van der Waals surface area (Å²) in [5, 5.41) is 0. The summed E-state index contributed by atoms with van der Waals surface area (Å²) in [6.07, 6.45) is 7.24. The van der Waals surface area contributed by atoms with Crippen molar-refractivity contribution in [2.24, 2.45) is 0 Å². The van der Waals surface area contributed by atoms with Gasteiger partial charge in [-0.25, -0.2) is 4.79 Å². The molecule has 0 saturated heterocycles. The molecule has 0 radical (unpaired) electrons. The first kappa shape index (κ1) is 10.5. The fraction of sp³-hybridized carbons (Fsp3) is 0.222. The summed E-state index contributed by atoms with van der Waals surface area (Å²) >= 11 is 0. The van der Waals surface area contributed by atoms with E-state index in [4.69, 9.17) is 0 Å². The number of hydrogen-bond acceptors (Lipinski definition) is 3. The fourth-order valence-electron chi connectivity index (χ4n) is 0.497. The molecule has 0 fully saturated rings. The topological polar surface area (TPSA) is 35.5 Å².